The third kappa shape index (κ3) is 5.69. The van der Waals surface area contributed by atoms with E-state index < -0.39 is 18.5 Å². The number of esters is 1. The van der Waals surface area contributed by atoms with E-state index in [1.165, 1.54) is 6.20 Å². The van der Waals surface area contributed by atoms with Crippen molar-refractivity contribution in [1.82, 2.24) is 4.98 Å². The maximum Gasteiger partial charge on any atom is 0.339 e. The number of carbonyl (C=O) groups is 2. The second kappa shape index (κ2) is 9.73. The van der Waals surface area contributed by atoms with Gasteiger partial charge in [0, 0.05) is 23.5 Å². The van der Waals surface area contributed by atoms with E-state index in [2.05, 4.69) is 10.3 Å². The molecule has 2 aromatic rings. The second-order valence-electron chi connectivity index (χ2n) is 5.91. The van der Waals surface area contributed by atoms with Gasteiger partial charge in [-0.05, 0) is 37.1 Å². The van der Waals surface area contributed by atoms with Crippen molar-refractivity contribution in [3.8, 4) is 0 Å². The predicted molar refractivity (Wildman–Crippen MR) is 104 cm³/mol. The summed E-state index contributed by atoms with van der Waals surface area (Å²) in [7, 11) is 0. The molecule has 0 bridgehead atoms. The molecular weight excluding hydrogens is 388 g/mol. The second-order valence-corrected chi connectivity index (χ2v) is 7.33. The average molecular weight is 407 g/mol. The predicted octanol–water partition coefficient (Wildman–Crippen LogP) is 3.80. The molecule has 1 aliphatic heterocycles. The third-order valence-corrected chi connectivity index (χ3v) is 5.43. The highest BCUT2D eigenvalue weighted by Gasteiger charge is 2.19. The van der Waals surface area contributed by atoms with E-state index in [0.29, 0.717) is 11.3 Å². The summed E-state index contributed by atoms with van der Waals surface area (Å²) in [6, 6.07) is 10.5. The van der Waals surface area contributed by atoms with Gasteiger partial charge in [-0.1, -0.05) is 23.7 Å². The summed E-state index contributed by atoms with van der Waals surface area (Å²) in [4.78, 5) is 29.1. The molecule has 6 nitrogen and oxygen atoms in total. The maximum absolute atomic E-state index is 12.4. The first kappa shape index (κ1) is 19.7. The van der Waals surface area contributed by atoms with E-state index in [1.807, 2.05) is 12.1 Å². The third-order valence-electron chi connectivity index (χ3n) is 3.92. The fraction of sp³-hybridized carbons (Fsp3) is 0.316. The Morgan fingerprint density at radius 2 is 2.15 bits per heavy atom. The van der Waals surface area contributed by atoms with E-state index in [1.54, 1.807) is 36.0 Å². The molecule has 1 N–H and O–H groups in total. The molecule has 0 spiro atoms. The van der Waals surface area contributed by atoms with E-state index in [4.69, 9.17) is 21.1 Å². The largest absolute Gasteiger partial charge is 0.452 e. The molecule has 1 fully saturated rings. The normalized spacial score (nSPS) is 16.1. The molecule has 2 heterocycles. The van der Waals surface area contributed by atoms with Crippen molar-refractivity contribution in [2.75, 3.05) is 24.3 Å². The van der Waals surface area contributed by atoms with Gasteiger partial charge in [0.05, 0.1) is 17.4 Å². The first-order chi connectivity index (χ1) is 13.1. The molecule has 0 aliphatic carbocycles. The lowest BCUT2D eigenvalue weighted by Crippen LogP contribution is -2.21. The lowest BCUT2D eigenvalue weighted by atomic mass is 10.2. The molecule has 142 valence electrons. The van der Waals surface area contributed by atoms with Gasteiger partial charge >= 0.3 is 5.97 Å². The number of benzene rings is 1. The number of pyridine rings is 1. The van der Waals surface area contributed by atoms with Crippen molar-refractivity contribution in [2.45, 2.75) is 23.8 Å². The van der Waals surface area contributed by atoms with Gasteiger partial charge in [0.1, 0.15) is 0 Å². The van der Waals surface area contributed by atoms with Crippen LogP contribution in [-0.4, -0.2) is 41.9 Å². The van der Waals surface area contributed by atoms with Crippen LogP contribution in [-0.2, 0) is 14.3 Å². The molecule has 3 rings (SSSR count). The van der Waals surface area contributed by atoms with Crippen LogP contribution in [0.4, 0.5) is 5.69 Å². The fourth-order valence-corrected chi connectivity index (χ4v) is 3.87. The zero-order valence-corrected chi connectivity index (χ0v) is 16.1. The monoisotopic (exact) mass is 406 g/mol. The van der Waals surface area contributed by atoms with Gasteiger partial charge in [0.15, 0.2) is 11.8 Å². The van der Waals surface area contributed by atoms with Gasteiger partial charge in [0.2, 0.25) is 0 Å². The quantitative estimate of drug-likeness (QED) is 0.428. The Balaban J connectivity index is 1.54. The number of nitrogens with one attached hydrogen (secondary N) is 1. The summed E-state index contributed by atoms with van der Waals surface area (Å²) in [6.45, 7) is 0.389. The highest BCUT2D eigenvalue weighted by atomic mass is 35.5. The zero-order valence-electron chi connectivity index (χ0n) is 14.5. The molecule has 8 heteroatoms. The summed E-state index contributed by atoms with van der Waals surface area (Å²) >= 11 is 7.45. The van der Waals surface area contributed by atoms with Crippen LogP contribution in [0.15, 0.2) is 47.5 Å². The van der Waals surface area contributed by atoms with Crippen molar-refractivity contribution in [2.24, 2.45) is 0 Å². The minimum atomic E-state index is -0.544. The standard InChI is InChI=1S/C19H19ClN2O4S/c20-18-15(7-3-9-21-18)22-17(23)11-26-19(24)14-6-1-2-8-16(14)27-12-13-5-4-10-25-13/h1-3,6-9,13H,4-5,10-12H2,(H,22,23)/t13-/m0/s1. The molecule has 1 aromatic carbocycles. The molecule has 0 unspecified atom stereocenters. The SMILES string of the molecule is O=C(COC(=O)c1ccccc1SC[C@@H]1CCCO1)Nc1cccnc1Cl. The van der Waals surface area contributed by atoms with Crippen LogP contribution in [0, 0.1) is 0 Å². The number of ether oxygens (including phenoxy) is 2. The van der Waals surface area contributed by atoms with Crippen LogP contribution >= 0.6 is 23.4 Å². The number of aromatic nitrogens is 1. The topological polar surface area (TPSA) is 77.5 Å². The minimum Gasteiger partial charge on any atom is -0.452 e. The van der Waals surface area contributed by atoms with Crippen LogP contribution < -0.4 is 5.32 Å². The van der Waals surface area contributed by atoms with Crippen molar-refractivity contribution in [1.29, 1.82) is 0 Å². The van der Waals surface area contributed by atoms with E-state index >= 15 is 0 Å². The number of hydrogen-bond acceptors (Lipinski definition) is 6. The summed E-state index contributed by atoms with van der Waals surface area (Å²) < 4.78 is 10.8. The van der Waals surface area contributed by atoms with Gasteiger partial charge in [-0.3, -0.25) is 4.79 Å². The Labute approximate surface area is 166 Å². The van der Waals surface area contributed by atoms with E-state index in [9.17, 15) is 9.59 Å². The maximum atomic E-state index is 12.4. The Kier molecular flexibility index (Phi) is 7.09. The molecule has 0 saturated carbocycles. The summed E-state index contributed by atoms with van der Waals surface area (Å²) in [6.07, 6.45) is 3.85. The van der Waals surface area contributed by atoms with Gasteiger partial charge in [0.25, 0.3) is 5.91 Å². The van der Waals surface area contributed by atoms with Crippen LogP contribution in [0.5, 0.6) is 0 Å². The average Bonchev–Trinajstić information content (AvgIpc) is 3.20. The summed E-state index contributed by atoms with van der Waals surface area (Å²) in [5, 5.41) is 2.74. The van der Waals surface area contributed by atoms with Crippen molar-refractivity contribution >= 4 is 40.9 Å². The molecule has 27 heavy (non-hydrogen) atoms. The lowest BCUT2D eigenvalue weighted by molar-refractivity contribution is -0.119. The Hall–Kier alpha value is -2.09. The Bertz CT molecular complexity index is 812. The summed E-state index contributed by atoms with van der Waals surface area (Å²) in [5.74, 6) is -0.245. The fourth-order valence-electron chi connectivity index (χ4n) is 2.59. The number of amides is 1. The Morgan fingerprint density at radius 3 is 2.93 bits per heavy atom. The van der Waals surface area contributed by atoms with Gasteiger partial charge in [-0.25, -0.2) is 9.78 Å². The number of nitrogens with zero attached hydrogens (tertiary/aromatic N) is 1. The number of hydrogen-bond donors (Lipinski definition) is 1. The molecule has 0 radical (unpaired) electrons. The smallest absolute Gasteiger partial charge is 0.339 e. The first-order valence-corrected chi connectivity index (χ1v) is 9.91. The summed E-state index contributed by atoms with van der Waals surface area (Å²) in [5.41, 5.74) is 0.806. The minimum absolute atomic E-state index is 0.174. The zero-order chi connectivity index (χ0) is 19.1. The van der Waals surface area contributed by atoms with Gasteiger partial charge in [-0.15, -0.1) is 11.8 Å². The van der Waals surface area contributed by atoms with Crippen LogP contribution in [0.1, 0.15) is 23.2 Å². The molecular formula is C19H19ClN2O4S. The molecule has 1 amide bonds. The van der Waals surface area contributed by atoms with E-state index in [-0.39, 0.29) is 11.3 Å². The van der Waals surface area contributed by atoms with Crippen molar-refractivity contribution < 1.29 is 19.1 Å². The molecule has 1 atom stereocenters. The molecule has 1 aromatic heterocycles. The molecule has 1 saturated heterocycles. The van der Waals surface area contributed by atoms with Crippen molar-refractivity contribution in [3.05, 3.63) is 53.3 Å². The van der Waals surface area contributed by atoms with Crippen LogP contribution in [0.2, 0.25) is 5.15 Å². The highest BCUT2D eigenvalue weighted by molar-refractivity contribution is 7.99. The lowest BCUT2D eigenvalue weighted by Gasteiger charge is -2.12. The first-order valence-electron chi connectivity index (χ1n) is 8.54. The number of anilines is 1. The van der Waals surface area contributed by atoms with Crippen LogP contribution in [0.3, 0.4) is 0 Å². The number of halogens is 1. The molecule has 1 aliphatic rings. The van der Waals surface area contributed by atoms with Gasteiger partial charge < -0.3 is 14.8 Å². The Morgan fingerprint density at radius 1 is 1.30 bits per heavy atom. The van der Waals surface area contributed by atoms with E-state index in [0.717, 1.165) is 30.1 Å². The van der Waals surface area contributed by atoms with Gasteiger partial charge in [-0.2, -0.15) is 0 Å². The number of carbonyl (C=O) groups excluding carboxylic acids is 2. The number of rotatable bonds is 7. The van der Waals surface area contributed by atoms with Crippen LogP contribution in [0.25, 0.3) is 0 Å². The number of thioether (sulfide) groups is 1. The highest BCUT2D eigenvalue weighted by Crippen LogP contribution is 2.27. The van der Waals surface area contributed by atoms with Crippen molar-refractivity contribution in [3.63, 3.8) is 0 Å².